The molecule has 0 bridgehead atoms. The van der Waals surface area contributed by atoms with E-state index >= 15 is 0 Å². The molecule has 0 aliphatic rings. The Labute approximate surface area is 154 Å². The molecule has 1 heterocycles. The molecule has 1 aromatic carbocycles. The Morgan fingerprint density at radius 1 is 1.44 bits per heavy atom. The summed E-state index contributed by atoms with van der Waals surface area (Å²) in [5.74, 6) is -0.923. The molecule has 0 saturated carbocycles. The quantitative estimate of drug-likeness (QED) is 0.753. The minimum absolute atomic E-state index is 0.172. The summed E-state index contributed by atoms with van der Waals surface area (Å²) in [7, 11) is 0. The fraction of sp³-hybridized carbons (Fsp3) is 0.353. The van der Waals surface area contributed by atoms with E-state index in [-0.39, 0.29) is 10.8 Å². The van der Waals surface area contributed by atoms with Crippen molar-refractivity contribution in [2.75, 3.05) is 6.61 Å². The van der Waals surface area contributed by atoms with Crippen molar-refractivity contribution in [3.8, 4) is 5.75 Å². The van der Waals surface area contributed by atoms with Crippen molar-refractivity contribution < 1.29 is 19.4 Å². The highest BCUT2D eigenvalue weighted by molar-refractivity contribution is 7.13. The second-order valence-electron chi connectivity index (χ2n) is 5.46. The van der Waals surface area contributed by atoms with Crippen LogP contribution in [0.15, 0.2) is 18.2 Å². The highest BCUT2D eigenvalue weighted by Gasteiger charge is 2.21. The predicted molar refractivity (Wildman–Crippen MR) is 96.9 cm³/mol. The average molecular weight is 383 g/mol. The Kier molecular flexibility index (Phi) is 6.39. The number of nitrogens with one attached hydrogen (secondary N) is 1. The first kappa shape index (κ1) is 19.2. The van der Waals surface area contributed by atoms with Gasteiger partial charge in [0.05, 0.1) is 23.9 Å². The largest absolute Gasteiger partial charge is 0.493 e. The molecule has 134 valence electrons. The molecular formula is C17H19ClN2O4S. The summed E-state index contributed by atoms with van der Waals surface area (Å²) >= 11 is 7.05. The summed E-state index contributed by atoms with van der Waals surface area (Å²) < 4.78 is 5.59. The molecule has 0 aliphatic carbocycles. The first-order valence-electron chi connectivity index (χ1n) is 7.77. The third kappa shape index (κ3) is 4.70. The highest BCUT2D eigenvalue weighted by Crippen LogP contribution is 2.26. The molecule has 1 amide bonds. The number of hydrogen-bond donors (Lipinski definition) is 2. The lowest BCUT2D eigenvalue weighted by Gasteiger charge is -2.14. The Morgan fingerprint density at radius 3 is 2.76 bits per heavy atom. The molecule has 1 aromatic heterocycles. The SMILES string of the molecule is CCCOc1ccc(Cl)cc1C(=O)NC(C)c1nc(C)c(C(=O)O)s1. The van der Waals surface area contributed by atoms with E-state index < -0.39 is 12.0 Å². The van der Waals surface area contributed by atoms with Crippen LogP contribution in [0.3, 0.4) is 0 Å². The van der Waals surface area contributed by atoms with Gasteiger partial charge in [-0.05, 0) is 38.5 Å². The van der Waals surface area contributed by atoms with Crippen LogP contribution in [-0.4, -0.2) is 28.6 Å². The predicted octanol–water partition coefficient (Wildman–Crippen LogP) is 4.08. The monoisotopic (exact) mass is 382 g/mol. The van der Waals surface area contributed by atoms with E-state index in [1.165, 1.54) is 0 Å². The number of amides is 1. The number of halogens is 1. The van der Waals surface area contributed by atoms with Crippen LogP contribution in [0.1, 0.15) is 57.0 Å². The van der Waals surface area contributed by atoms with E-state index in [2.05, 4.69) is 10.3 Å². The van der Waals surface area contributed by atoms with Crippen LogP contribution < -0.4 is 10.1 Å². The maximum absolute atomic E-state index is 12.6. The maximum Gasteiger partial charge on any atom is 0.347 e. The van der Waals surface area contributed by atoms with Crippen molar-refractivity contribution in [1.29, 1.82) is 0 Å². The van der Waals surface area contributed by atoms with Gasteiger partial charge >= 0.3 is 5.97 Å². The van der Waals surface area contributed by atoms with Gasteiger partial charge < -0.3 is 15.2 Å². The third-order valence-corrected chi connectivity index (χ3v) is 4.94. The van der Waals surface area contributed by atoms with Gasteiger partial charge in [-0.25, -0.2) is 9.78 Å². The van der Waals surface area contributed by atoms with Gasteiger partial charge in [0.15, 0.2) is 0 Å². The van der Waals surface area contributed by atoms with Gasteiger partial charge in [-0.2, -0.15) is 0 Å². The number of thiazole rings is 1. The van der Waals surface area contributed by atoms with Crippen molar-refractivity contribution in [2.24, 2.45) is 0 Å². The summed E-state index contributed by atoms with van der Waals surface area (Å²) in [6, 6.07) is 4.43. The number of carbonyl (C=O) groups is 2. The Morgan fingerprint density at radius 2 is 2.16 bits per heavy atom. The van der Waals surface area contributed by atoms with E-state index in [0.717, 1.165) is 17.8 Å². The first-order chi connectivity index (χ1) is 11.8. The zero-order valence-electron chi connectivity index (χ0n) is 14.1. The smallest absolute Gasteiger partial charge is 0.347 e. The van der Waals surface area contributed by atoms with E-state index in [9.17, 15) is 9.59 Å². The lowest BCUT2D eigenvalue weighted by Crippen LogP contribution is -2.27. The fourth-order valence-electron chi connectivity index (χ4n) is 2.15. The summed E-state index contributed by atoms with van der Waals surface area (Å²) in [5, 5.41) is 12.9. The number of carboxylic acids is 1. The van der Waals surface area contributed by atoms with E-state index in [0.29, 0.717) is 33.6 Å². The van der Waals surface area contributed by atoms with Crippen LogP contribution in [0, 0.1) is 6.92 Å². The van der Waals surface area contributed by atoms with E-state index in [4.69, 9.17) is 21.4 Å². The van der Waals surface area contributed by atoms with Crippen molar-refractivity contribution in [3.63, 3.8) is 0 Å². The first-order valence-corrected chi connectivity index (χ1v) is 8.96. The Bertz CT molecular complexity index is 791. The van der Waals surface area contributed by atoms with Crippen LogP contribution in [0.2, 0.25) is 5.02 Å². The molecule has 2 rings (SSSR count). The molecule has 0 spiro atoms. The Hall–Kier alpha value is -2.12. The van der Waals surface area contributed by atoms with E-state index in [1.807, 2.05) is 6.92 Å². The molecule has 0 radical (unpaired) electrons. The lowest BCUT2D eigenvalue weighted by molar-refractivity contribution is 0.0700. The normalized spacial score (nSPS) is 11.8. The summed E-state index contributed by atoms with van der Waals surface area (Å²) in [5.41, 5.74) is 0.767. The number of aryl methyl sites for hydroxylation is 1. The van der Waals surface area contributed by atoms with E-state index in [1.54, 1.807) is 32.0 Å². The molecule has 2 aromatic rings. The molecule has 0 saturated heterocycles. The second kappa shape index (κ2) is 8.31. The number of carboxylic acid groups (broad SMARTS) is 1. The molecule has 0 aliphatic heterocycles. The minimum atomic E-state index is -1.02. The fourth-order valence-corrected chi connectivity index (χ4v) is 3.23. The standard InChI is InChI=1S/C17H19ClN2O4S/c1-4-7-24-13-6-5-11(18)8-12(13)15(21)19-10(3)16-20-9(2)14(25-16)17(22)23/h5-6,8,10H,4,7H2,1-3H3,(H,19,21)(H,22,23). The number of aromatic carboxylic acids is 1. The van der Waals surface area contributed by atoms with Crippen molar-refractivity contribution >= 4 is 34.8 Å². The number of benzene rings is 1. The van der Waals surface area contributed by atoms with Crippen molar-refractivity contribution in [3.05, 3.63) is 44.4 Å². The summed E-state index contributed by atoms with van der Waals surface area (Å²) in [6.45, 7) is 5.85. The molecule has 1 unspecified atom stereocenters. The number of hydrogen-bond acceptors (Lipinski definition) is 5. The van der Waals surface area contributed by atoms with Crippen LogP contribution in [0.4, 0.5) is 0 Å². The van der Waals surface area contributed by atoms with Gasteiger partial charge in [0, 0.05) is 5.02 Å². The molecule has 8 heteroatoms. The zero-order valence-corrected chi connectivity index (χ0v) is 15.7. The maximum atomic E-state index is 12.6. The van der Waals surface area contributed by atoms with Gasteiger partial charge in [0.25, 0.3) is 5.91 Å². The van der Waals surface area contributed by atoms with Gasteiger partial charge in [-0.15, -0.1) is 11.3 Å². The molecule has 25 heavy (non-hydrogen) atoms. The number of rotatable bonds is 7. The van der Waals surface area contributed by atoms with Crippen LogP contribution in [0.5, 0.6) is 5.75 Å². The molecule has 0 fully saturated rings. The molecule has 1 atom stereocenters. The van der Waals surface area contributed by atoms with Crippen molar-refractivity contribution in [2.45, 2.75) is 33.2 Å². The zero-order chi connectivity index (χ0) is 18.6. The van der Waals surface area contributed by atoms with Crippen LogP contribution in [-0.2, 0) is 0 Å². The van der Waals surface area contributed by atoms with Crippen LogP contribution >= 0.6 is 22.9 Å². The van der Waals surface area contributed by atoms with Crippen LogP contribution in [0.25, 0.3) is 0 Å². The third-order valence-electron chi connectivity index (χ3n) is 3.37. The lowest BCUT2D eigenvalue weighted by atomic mass is 10.1. The number of aromatic nitrogens is 1. The topological polar surface area (TPSA) is 88.5 Å². The van der Waals surface area contributed by atoms with Crippen molar-refractivity contribution in [1.82, 2.24) is 10.3 Å². The molecule has 2 N–H and O–H groups in total. The second-order valence-corrected chi connectivity index (χ2v) is 6.92. The Balaban J connectivity index is 2.20. The molecular weight excluding hydrogens is 364 g/mol. The number of carbonyl (C=O) groups excluding carboxylic acids is 1. The number of nitrogens with zero attached hydrogens (tertiary/aromatic N) is 1. The average Bonchev–Trinajstić information content (AvgIpc) is 2.95. The highest BCUT2D eigenvalue weighted by atomic mass is 35.5. The minimum Gasteiger partial charge on any atom is -0.493 e. The molecule has 6 nitrogen and oxygen atoms in total. The van der Waals surface area contributed by atoms with Gasteiger partial charge in [-0.1, -0.05) is 18.5 Å². The number of ether oxygens (including phenoxy) is 1. The summed E-state index contributed by atoms with van der Waals surface area (Å²) in [4.78, 5) is 28.1. The van der Waals surface area contributed by atoms with Gasteiger partial charge in [0.1, 0.15) is 15.6 Å². The van der Waals surface area contributed by atoms with Gasteiger partial charge in [-0.3, -0.25) is 4.79 Å². The van der Waals surface area contributed by atoms with Gasteiger partial charge in [0.2, 0.25) is 0 Å². The summed E-state index contributed by atoms with van der Waals surface area (Å²) in [6.07, 6.45) is 0.816.